The van der Waals surface area contributed by atoms with Gasteiger partial charge in [0.15, 0.2) is 0 Å². The summed E-state index contributed by atoms with van der Waals surface area (Å²) < 4.78 is 5.12. The fourth-order valence-corrected chi connectivity index (χ4v) is 3.40. The minimum atomic E-state index is -0.113. The van der Waals surface area contributed by atoms with E-state index in [4.69, 9.17) is 9.84 Å². The van der Waals surface area contributed by atoms with Crippen molar-refractivity contribution in [1.29, 1.82) is 0 Å². The quantitative estimate of drug-likeness (QED) is 0.681. The largest absolute Gasteiger partial charge is 0.466 e. The summed E-state index contributed by atoms with van der Waals surface area (Å²) in [6.45, 7) is 4.83. The van der Waals surface area contributed by atoms with Crippen LogP contribution in [0.2, 0.25) is 0 Å². The number of hydrogen-bond donors (Lipinski definition) is 1. The lowest BCUT2D eigenvalue weighted by molar-refractivity contribution is -0.150. The van der Waals surface area contributed by atoms with Crippen LogP contribution in [0.5, 0.6) is 0 Å². The van der Waals surface area contributed by atoms with Crippen LogP contribution in [0.3, 0.4) is 0 Å². The first-order valence-corrected chi connectivity index (χ1v) is 8.17. The van der Waals surface area contributed by atoms with E-state index in [2.05, 4.69) is 22.8 Å². The maximum atomic E-state index is 11.8. The van der Waals surface area contributed by atoms with Crippen LogP contribution in [0.4, 0.5) is 0 Å². The fourth-order valence-electron chi connectivity index (χ4n) is 2.54. The Bertz CT molecular complexity index is 529. The fraction of sp³-hybridized carbons (Fsp3) is 0.562. The Kier molecular flexibility index (Phi) is 6.24. The number of aliphatic hydroxyl groups is 1. The van der Waals surface area contributed by atoms with E-state index in [1.54, 1.807) is 11.3 Å². The first-order valence-electron chi connectivity index (χ1n) is 7.29. The molecule has 1 fully saturated rings. The Labute approximate surface area is 129 Å². The zero-order valence-electron chi connectivity index (χ0n) is 12.3. The van der Waals surface area contributed by atoms with Gasteiger partial charge in [0.1, 0.15) is 6.61 Å². The van der Waals surface area contributed by atoms with Crippen molar-refractivity contribution in [1.82, 2.24) is 4.90 Å². The Morgan fingerprint density at radius 3 is 3.24 bits per heavy atom. The zero-order chi connectivity index (χ0) is 15.1. The van der Waals surface area contributed by atoms with Crippen LogP contribution in [-0.4, -0.2) is 42.3 Å². The average molecular weight is 307 g/mol. The van der Waals surface area contributed by atoms with Gasteiger partial charge < -0.3 is 9.84 Å². The molecule has 0 spiro atoms. The third kappa shape index (κ3) is 4.85. The first-order chi connectivity index (χ1) is 10.2. The SMILES string of the molecule is CCOC(=O)C1CCCN(Cc2cc(C#CCO)cs2)C1. The van der Waals surface area contributed by atoms with Crippen LogP contribution < -0.4 is 0 Å². The molecule has 0 bridgehead atoms. The van der Waals surface area contributed by atoms with Gasteiger partial charge in [-0.3, -0.25) is 9.69 Å². The molecule has 1 unspecified atom stereocenters. The minimum absolute atomic E-state index is 0.00677. The van der Waals surface area contributed by atoms with Crippen LogP contribution >= 0.6 is 11.3 Å². The highest BCUT2D eigenvalue weighted by Crippen LogP contribution is 2.22. The number of piperidine rings is 1. The van der Waals surface area contributed by atoms with Crippen molar-refractivity contribution in [3.63, 3.8) is 0 Å². The summed E-state index contributed by atoms with van der Waals surface area (Å²) in [6, 6.07) is 2.06. The molecular formula is C16H21NO3S. The summed E-state index contributed by atoms with van der Waals surface area (Å²) in [5, 5.41) is 10.7. The first kappa shape index (κ1) is 16.0. The van der Waals surface area contributed by atoms with Crippen LogP contribution in [0, 0.1) is 17.8 Å². The van der Waals surface area contributed by atoms with Crippen LogP contribution in [0.1, 0.15) is 30.2 Å². The van der Waals surface area contributed by atoms with Crippen molar-refractivity contribution in [2.75, 3.05) is 26.3 Å². The monoisotopic (exact) mass is 307 g/mol. The number of rotatable bonds is 4. The second-order valence-corrected chi connectivity index (χ2v) is 6.08. The molecular weight excluding hydrogens is 286 g/mol. The molecule has 0 amide bonds. The van der Waals surface area contributed by atoms with Crippen LogP contribution in [0.25, 0.3) is 0 Å². The number of ether oxygens (including phenoxy) is 1. The predicted molar refractivity (Wildman–Crippen MR) is 82.9 cm³/mol. The maximum absolute atomic E-state index is 11.8. The molecule has 2 heterocycles. The highest BCUT2D eigenvalue weighted by molar-refractivity contribution is 7.10. The molecule has 0 saturated carbocycles. The zero-order valence-corrected chi connectivity index (χ0v) is 13.1. The van der Waals surface area contributed by atoms with Gasteiger partial charge in [0.2, 0.25) is 0 Å². The third-order valence-corrected chi connectivity index (χ3v) is 4.39. The van der Waals surface area contributed by atoms with Gasteiger partial charge in [-0.05, 0) is 32.4 Å². The topological polar surface area (TPSA) is 49.8 Å². The molecule has 0 radical (unpaired) electrons. The molecule has 1 aromatic heterocycles. The Morgan fingerprint density at radius 2 is 2.48 bits per heavy atom. The van der Waals surface area contributed by atoms with Gasteiger partial charge in [-0.1, -0.05) is 11.8 Å². The van der Waals surface area contributed by atoms with Gasteiger partial charge in [-0.2, -0.15) is 0 Å². The minimum Gasteiger partial charge on any atom is -0.466 e. The summed E-state index contributed by atoms with van der Waals surface area (Å²) in [5.74, 6) is 5.51. The number of hydrogen-bond acceptors (Lipinski definition) is 5. The summed E-state index contributed by atoms with van der Waals surface area (Å²) in [7, 11) is 0. The molecule has 1 N–H and O–H groups in total. The number of carbonyl (C=O) groups excluding carboxylic acids is 1. The lowest BCUT2D eigenvalue weighted by atomic mass is 9.98. The molecule has 1 aliphatic rings. The van der Waals surface area contributed by atoms with Crippen LogP contribution in [0.15, 0.2) is 11.4 Å². The van der Waals surface area contributed by atoms with Gasteiger partial charge in [0.05, 0.1) is 12.5 Å². The Morgan fingerprint density at radius 1 is 1.62 bits per heavy atom. The normalized spacial score (nSPS) is 18.9. The number of carbonyl (C=O) groups is 1. The smallest absolute Gasteiger partial charge is 0.310 e. The summed E-state index contributed by atoms with van der Waals surface area (Å²) in [6.07, 6.45) is 1.96. The number of nitrogens with zero attached hydrogens (tertiary/aromatic N) is 1. The van der Waals surface area contributed by atoms with E-state index < -0.39 is 0 Å². The highest BCUT2D eigenvalue weighted by Gasteiger charge is 2.26. The van der Waals surface area contributed by atoms with Crippen molar-refractivity contribution < 1.29 is 14.6 Å². The number of thiophene rings is 1. The van der Waals surface area contributed by atoms with Crippen molar-refractivity contribution in [2.45, 2.75) is 26.3 Å². The summed E-state index contributed by atoms with van der Waals surface area (Å²) in [5.41, 5.74) is 0.947. The van der Waals surface area contributed by atoms with E-state index in [0.29, 0.717) is 6.61 Å². The van der Waals surface area contributed by atoms with E-state index in [1.807, 2.05) is 12.3 Å². The number of likely N-dealkylation sites (tertiary alicyclic amines) is 1. The molecule has 114 valence electrons. The van der Waals surface area contributed by atoms with E-state index in [9.17, 15) is 4.79 Å². The number of aliphatic hydroxyl groups excluding tert-OH is 1. The molecule has 0 aliphatic carbocycles. The second-order valence-electron chi connectivity index (χ2n) is 5.09. The molecule has 1 aromatic rings. The maximum Gasteiger partial charge on any atom is 0.310 e. The van der Waals surface area contributed by atoms with E-state index in [-0.39, 0.29) is 18.5 Å². The van der Waals surface area contributed by atoms with Gasteiger partial charge in [-0.25, -0.2) is 0 Å². The second kappa shape index (κ2) is 8.18. The van der Waals surface area contributed by atoms with E-state index in [1.165, 1.54) is 4.88 Å². The van der Waals surface area contributed by atoms with E-state index >= 15 is 0 Å². The standard InChI is InChI=1S/C16H21NO3S/c1-2-20-16(19)14-6-3-7-17(10-14)11-15-9-13(12-21-15)5-4-8-18/h9,12,14,18H,2-3,6-8,10-11H2,1H3. The molecule has 0 aromatic carbocycles. The van der Waals surface area contributed by atoms with Gasteiger partial charge in [0.25, 0.3) is 0 Å². The van der Waals surface area contributed by atoms with Gasteiger partial charge >= 0.3 is 5.97 Å². The summed E-state index contributed by atoms with van der Waals surface area (Å²) in [4.78, 5) is 15.4. The molecule has 1 saturated heterocycles. The summed E-state index contributed by atoms with van der Waals surface area (Å²) >= 11 is 1.67. The van der Waals surface area contributed by atoms with Crippen molar-refractivity contribution in [3.05, 3.63) is 21.9 Å². The molecule has 2 rings (SSSR count). The Balaban J connectivity index is 1.90. The third-order valence-electron chi connectivity index (χ3n) is 3.47. The van der Waals surface area contributed by atoms with Crippen molar-refractivity contribution >= 4 is 17.3 Å². The van der Waals surface area contributed by atoms with Crippen LogP contribution in [-0.2, 0) is 16.1 Å². The molecule has 21 heavy (non-hydrogen) atoms. The van der Waals surface area contributed by atoms with Gasteiger partial charge in [0, 0.05) is 28.9 Å². The molecule has 1 aliphatic heterocycles. The number of esters is 1. The average Bonchev–Trinajstić information content (AvgIpc) is 2.93. The Hall–Kier alpha value is -1.35. The van der Waals surface area contributed by atoms with E-state index in [0.717, 1.165) is 38.0 Å². The van der Waals surface area contributed by atoms with Crippen molar-refractivity contribution in [2.24, 2.45) is 5.92 Å². The lowest BCUT2D eigenvalue weighted by Crippen LogP contribution is -2.38. The van der Waals surface area contributed by atoms with Crippen molar-refractivity contribution in [3.8, 4) is 11.8 Å². The predicted octanol–water partition coefficient (Wildman–Crippen LogP) is 1.87. The molecule has 5 heteroatoms. The molecule has 1 atom stereocenters. The van der Waals surface area contributed by atoms with Gasteiger partial charge in [-0.15, -0.1) is 11.3 Å². The lowest BCUT2D eigenvalue weighted by Gasteiger charge is -2.31. The molecule has 4 nitrogen and oxygen atoms in total. The highest BCUT2D eigenvalue weighted by atomic mass is 32.1.